The van der Waals surface area contributed by atoms with Crippen molar-refractivity contribution in [1.82, 2.24) is 14.0 Å². The first-order chi connectivity index (χ1) is 16.6. The molecule has 0 N–H and O–H groups in total. The smallest absolute Gasteiger partial charge is 0.283 e. The largest absolute Gasteiger partial charge is 0.371 e. The number of methoxy groups -OCH3 is 2. The van der Waals surface area contributed by atoms with Gasteiger partial charge in [0.15, 0.2) is 6.29 Å². The van der Waals surface area contributed by atoms with Gasteiger partial charge in [0.25, 0.3) is 5.56 Å². The minimum Gasteiger partial charge on any atom is -0.371 e. The monoisotopic (exact) mass is 524 g/mol. The molecule has 0 spiro atoms. The summed E-state index contributed by atoms with van der Waals surface area (Å²) in [5.41, 5.74) is 4.13. The Hall–Kier alpha value is -2.42. The average molecular weight is 525 g/mol. The van der Waals surface area contributed by atoms with Crippen LogP contribution < -0.4 is 10.5 Å². The minimum absolute atomic E-state index is 0.182. The van der Waals surface area contributed by atoms with E-state index in [4.69, 9.17) is 9.47 Å². The van der Waals surface area contributed by atoms with Crippen LogP contribution in [0, 0.1) is 5.92 Å². The van der Waals surface area contributed by atoms with E-state index in [1.54, 1.807) is 14.2 Å². The van der Waals surface area contributed by atoms with Crippen molar-refractivity contribution in [3.05, 3.63) is 51.2 Å². The van der Waals surface area contributed by atoms with E-state index in [1.807, 2.05) is 18.2 Å². The number of hydrogen-bond acceptors (Lipinski definition) is 5. The van der Waals surface area contributed by atoms with Crippen molar-refractivity contribution in [3.63, 3.8) is 0 Å². The molecule has 2 fully saturated rings. The lowest BCUT2D eigenvalue weighted by Gasteiger charge is -2.23. The fraction of sp³-hybridized carbons (Fsp3) is 0.462. The quantitative estimate of drug-likeness (QED) is 0.339. The van der Waals surface area contributed by atoms with Crippen LogP contribution in [0.4, 0.5) is 5.69 Å². The second-order valence-electron chi connectivity index (χ2n) is 9.50. The van der Waals surface area contributed by atoms with Gasteiger partial charge in [0.2, 0.25) is 5.78 Å². The first-order valence-electron chi connectivity index (χ1n) is 12.1. The first-order valence-corrected chi connectivity index (χ1v) is 12.9. The van der Waals surface area contributed by atoms with Gasteiger partial charge in [-0.1, -0.05) is 18.9 Å². The van der Waals surface area contributed by atoms with E-state index >= 15 is 0 Å². The SMILES string of the molecule is COC(OC)[C@H]1CCN(c2ccc3c(c2)n(C2CCCC2)c2nc(=O)c4c(Br)cccc4n32)C1. The summed E-state index contributed by atoms with van der Waals surface area (Å²) in [6.45, 7) is 1.86. The molecule has 4 aromatic rings. The summed E-state index contributed by atoms with van der Waals surface area (Å²) in [7, 11) is 3.42. The van der Waals surface area contributed by atoms with Crippen LogP contribution in [-0.4, -0.2) is 47.6 Å². The second-order valence-corrected chi connectivity index (χ2v) is 10.4. The van der Waals surface area contributed by atoms with Crippen molar-refractivity contribution in [2.75, 3.05) is 32.2 Å². The Morgan fingerprint density at radius 1 is 1.03 bits per heavy atom. The molecule has 1 atom stereocenters. The summed E-state index contributed by atoms with van der Waals surface area (Å²) in [5, 5.41) is 0.627. The highest BCUT2D eigenvalue weighted by Crippen LogP contribution is 2.38. The molecule has 1 aliphatic heterocycles. The lowest BCUT2D eigenvalue weighted by atomic mass is 10.1. The number of imidazole rings is 1. The third kappa shape index (κ3) is 3.38. The Labute approximate surface area is 206 Å². The number of ether oxygens (including phenoxy) is 2. The van der Waals surface area contributed by atoms with Gasteiger partial charge >= 0.3 is 0 Å². The number of halogens is 1. The second kappa shape index (κ2) is 8.66. The van der Waals surface area contributed by atoms with E-state index in [1.165, 1.54) is 18.5 Å². The fourth-order valence-corrected chi connectivity index (χ4v) is 6.59. The molecule has 1 saturated carbocycles. The van der Waals surface area contributed by atoms with Gasteiger partial charge in [-0.2, -0.15) is 4.98 Å². The van der Waals surface area contributed by atoms with Gasteiger partial charge in [-0.05, 0) is 65.5 Å². The van der Waals surface area contributed by atoms with Crippen molar-refractivity contribution in [3.8, 4) is 0 Å². The third-order valence-corrected chi connectivity index (χ3v) is 8.31. The molecule has 0 radical (unpaired) electrons. The minimum atomic E-state index is -0.183. The average Bonchev–Trinajstić information content (AvgIpc) is 3.58. The number of hydrogen-bond donors (Lipinski definition) is 0. The van der Waals surface area contributed by atoms with E-state index < -0.39 is 0 Å². The zero-order chi connectivity index (χ0) is 23.4. The van der Waals surface area contributed by atoms with Crippen LogP contribution in [0.5, 0.6) is 0 Å². The van der Waals surface area contributed by atoms with Gasteiger partial charge in [-0.15, -0.1) is 0 Å². The molecule has 0 bridgehead atoms. The highest BCUT2D eigenvalue weighted by atomic mass is 79.9. The number of aromatic nitrogens is 3. The number of nitrogens with zero attached hydrogens (tertiary/aromatic N) is 4. The Kier molecular flexibility index (Phi) is 5.62. The lowest BCUT2D eigenvalue weighted by Crippen LogP contribution is -2.28. The van der Waals surface area contributed by atoms with E-state index in [0.29, 0.717) is 17.3 Å². The summed E-state index contributed by atoms with van der Waals surface area (Å²) in [6, 6.07) is 12.9. The molecule has 0 amide bonds. The predicted octanol–water partition coefficient (Wildman–Crippen LogP) is 5.13. The molecule has 1 aliphatic carbocycles. The summed E-state index contributed by atoms with van der Waals surface area (Å²) < 4.78 is 16.3. The van der Waals surface area contributed by atoms with Crippen molar-refractivity contribution in [1.29, 1.82) is 0 Å². The van der Waals surface area contributed by atoms with E-state index in [-0.39, 0.29) is 11.8 Å². The molecule has 0 unspecified atom stereocenters. The Bertz CT molecular complexity index is 1440. The van der Waals surface area contributed by atoms with Gasteiger partial charge in [-0.3, -0.25) is 9.20 Å². The molecule has 1 saturated heterocycles. The van der Waals surface area contributed by atoms with Crippen molar-refractivity contribution in [2.24, 2.45) is 5.92 Å². The highest BCUT2D eigenvalue weighted by molar-refractivity contribution is 9.10. The van der Waals surface area contributed by atoms with Gasteiger partial charge in [-0.25, -0.2) is 0 Å². The van der Waals surface area contributed by atoms with Gasteiger partial charge in [0, 0.05) is 49.4 Å². The van der Waals surface area contributed by atoms with Crippen molar-refractivity contribution >= 4 is 49.3 Å². The Morgan fingerprint density at radius 2 is 1.82 bits per heavy atom. The third-order valence-electron chi connectivity index (χ3n) is 7.65. The molecule has 2 aromatic carbocycles. The zero-order valence-corrected chi connectivity index (χ0v) is 21.1. The van der Waals surface area contributed by atoms with Crippen LogP contribution in [0.3, 0.4) is 0 Å². The maximum Gasteiger partial charge on any atom is 0.283 e. The summed E-state index contributed by atoms with van der Waals surface area (Å²) in [6.07, 6.45) is 5.51. The van der Waals surface area contributed by atoms with Crippen molar-refractivity contribution in [2.45, 2.75) is 44.4 Å². The predicted molar refractivity (Wildman–Crippen MR) is 138 cm³/mol. The highest BCUT2D eigenvalue weighted by Gasteiger charge is 2.31. The van der Waals surface area contributed by atoms with Gasteiger partial charge in [0.1, 0.15) is 0 Å². The topological polar surface area (TPSA) is 61.0 Å². The zero-order valence-electron chi connectivity index (χ0n) is 19.5. The molecule has 178 valence electrons. The molecule has 6 rings (SSSR count). The molecule has 34 heavy (non-hydrogen) atoms. The Morgan fingerprint density at radius 3 is 2.59 bits per heavy atom. The van der Waals surface area contributed by atoms with Crippen LogP contribution in [-0.2, 0) is 9.47 Å². The standard InChI is InChI=1S/C26H29BrN4O3/c1-33-25(34-2)16-12-13-29(15-16)18-10-11-20-22(14-18)30(17-6-3-4-7-17)26-28-24(32)23-19(27)8-5-9-21(23)31(20)26/h5,8-11,14,16-17,25H,3-4,6-7,12-13,15H2,1-2H3/t16-/m0/s1. The molecular formula is C26H29BrN4O3. The summed E-state index contributed by atoms with van der Waals surface area (Å²) in [4.78, 5) is 20.1. The van der Waals surface area contributed by atoms with Crippen LogP contribution >= 0.6 is 15.9 Å². The van der Waals surface area contributed by atoms with E-state index in [2.05, 4.69) is 53.0 Å². The first kappa shape index (κ1) is 22.1. The maximum absolute atomic E-state index is 13.1. The molecule has 8 heteroatoms. The van der Waals surface area contributed by atoms with E-state index in [0.717, 1.165) is 59.2 Å². The summed E-state index contributed by atoms with van der Waals surface area (Å²) >= 11 is 3.57. The molecule has 2 aromatic heterocycles. The van der Waals surface area contributed by atoms with Crippen LogP contribution in [0.15, 0.2) is 45.7 Å². The maximum atomic E-state index is 13.1. The van der Waals surface area contributed by atoms with Crippen LogP contribution in [0.25, 0.3) is 27.7 Å². The van der Waals surface area contributed by atoms with Crippen LogP contribution in [0.2, 0.25) is 0 Å². The van der Waals surface area contributed by atoms with Gasteiger partial charge < -0.3 is 18.9 Å². The molecular weight excluding hydrogens is 496 g/mol. The molecule has 7 nitrogen and oxygen atoms in total. The number of rotatable bonds is 5. The Balaban J connectivity index is 1.56. The number of fused-ring (bicyclic) bond motifs is 5. The lowest BCUT2D eigenvalue weighted by molar-refractivity contribution is -0.132. The summed E-state index contributed by atoms with van der Waals surface area (Å²) in [5.74, 6) is 1.08. The number of benzene rings is 2. The van der Waals surface area contributed by atoms with Crippen LogP contribution in [0.1, 0.15) is 38.1 Å². The molecule has 2 aliphatic rings. The molecule has 3 heterocycles. The normalized spacial score (nSPS) is 19.5. The number of anilines is 1. The van der Waals surface area contributed by atoms with E-state index in [9.17, 15) is 4.79 Å². The van der Waals surface area contributed by atoms with Crippen molar-refractivity contribution < 1.29 is 9.47 Å². The fourth-order valence-electron chi connectivity index (χ4n) is 6.06. The van der Waals surface area contributed by atoms with Gasteiger partial charge in [0.05, 0.1) is 21.9 Å².